The standard InChI is InChI=1S/C11H13FO2/c1-9(8-13)5-6-14-11-4-2-3-10(12)7-11/h2-4,7-9H,5-6H2,1H3. The zero-order valence-electron chi connectivity index (χ0n) is 8.07. The number of ether oxygens (including phenoxy) is 1. The van der Waals surface area contributed by atoms with E-state index in [0.717, 1.165) is 6.29 Å². The van der Waals surface area contributed by atoms with Crippen molar-refractivity contribution in [2.45, 2.75) is 13.3 Å². The summed E-state index contributed by atoms with van der Waals surface area (Å²) in [6, 6.07) is 5.97. The second-order valence-electron chi connectivity index (χ2n) is 3.21. The third-order valence-corrected chi connectivity index (χ3v) is 1.87. The van der Waals surface area contributed by atoms with Crippen LogP contribution in [-0.4, -0.2) is 12.9 Å². The number of halogens is 1. The van der Waals surface area contributed by atoms with Crippen molar-refractivity contribution in [3.8, 4) is 5.75 Å². The summed E-state index contributed by atoms with van der Waals surface area (Å²) in [5, 5.41) is 0. The molecule has 0 amide bonds. The molecule has 0 fully saturated rings. The number of carbonyl (C=O) groups excluding carboxylic acids is 1. The first-order valence-electron chi connectivity index (χ1n) is 4.56. The molecule has 76 valence electrons. The highest BCUT2D eigenvalue weighted by Gasteiger charge is 2.00. The molecule has 0 saturated heterocycles. The molecule has 0 bridgehead atoms. The molecule has 0 aliphatic carbocycles. The summed E-state index contributed by atoms with van der Waals surface area (Å²) in [6.07, 6.45) is 1.54. The molecule has 2 nitrogen and oxygen atoms in total. The lowest BCUT2D eigenvalue weighted by molar-refractivity contribution is -0.111. The lowest BCUT2D eigenvalue weighted by atomic mass is 10.1. The minimum Gasteiger partial charge on any atom is -0.493 e. The van der Waals surface area contributed by atoms with Crippen LogP contribution < -0.4 is 4.74 Å². The van der Waals surface area contributed by atoms with Crippen LogP contribution in [-0.2, 0) is 4.79 Å². The van der Waals surface area contributed by atoms with Crippen LogP contribution in [0, 0.1) is 11.7 Å². The van der Waals surface area contributed by atoms with Gasteiger partial charge in [0.25, 0.3) is 0 Å². The van der Waals surface area contributed by atoms with Crippen LogP contribution in [0.4, 0.5) is 4.39 Å². The van der Waals surface area contributed by atoms with Crippen molar-refractivity contribution in [2.75, 3.05) is 6.61 Å². The highest BCUT2D eigenvalue weighted by Crippen LogP contribution is 2.12. The van der Waals surface area contributed by atoms with Crippen LogP contribution in [0.2, 0.25) is 0 Å². The molecule has 0 radical (unpaired) electrons. The highest BCUT2D eigenvalue weighted by molar-refractivity contribution is 5.52. The first-order chi connectivity index (χ1) is 6.72. The maximum absolute atomic E-state index is 12.7. The van der Waals surface area contributed by atoms with Gasteiger partial charge in [-0.3, -0.25) is 0 Å². The number of carbonyl (C=O) groups is 1. The van der Waals surface area contributed by atoms with Gasteiger partial charge in [-0.25, -0.2) is 4.39 Å². The summed E-state index contributed by atoms with van der Waals surface area (Å²) in [5.74, 6) is 0.178. The fourth-order valence-corrected chi connectivity index (χ4v) is 0.987. The predicted molar refractivity (Wildman–Crippen MR) is 51.7 cm³/mol. The average Bonchev–Trinajstić information content (AvgIpc) is 2.17. The quantitative estimate of drug-likeness (QED) is 0.676. The van der Waals surface area contributed by atoms with Crippen molar-refractivity contribution in [1.82, 2.24) is 0 Å². The van der Waals surface area contributed by atoms with Crippen molar-refractivity contribution < 1.29 is 13.9 Å². The Morgan fingerprint density at radius 2 is 2.36 bits per heavy atom. The molecule has 0 aromatic heterocycles. The van der Waals surface area contributed by atoms with E-state index in [1.165, 1.54) is 12.1 Å². The molecule has 1 rings (SSSR count). The number of aldehydes is 1. The van der Waals surface area contributed by atoms with Gasteiger partial charge in [0.1, 0.15) is 17.9 Å². The van der Waals surface area contributed by atoms with Gasteiger partial charge >= 0.3 is 0 Å². The number of hydrogen-bond acceptors (Lipinski definition) is 2. The summed E-state index contributed by atoms with van der Waals surface area (Å²) < 4.78 is 17.9. The van der Waals surface area contributed by atoms with Crippen molar-refractivity contribution in [3.05, 3.63) is 30.1 Å². The number of hydrogen-bond donors (Lipinski definition) is 0. The van der Waals surface area contributed by atoms with Crippen molar-refractivity contribution in [3.63, 3.8) is 0 Å². The summed E-state index contributed by atoms with van der Waals surface area (Å²) in [7, 11) is 0. The molecule has 0 spiro atoms. The number of benzene rings is 1. The SMILES string of the molecule is CC(C=O)CCOc1cccc(F)c1. The van der Waals surface area contributed by atoms with Gasteiger partial charge in [0.2, 0.25) is 0 Å². The summed E-state index contributed by atoms with van der Waals surface area (Å²) in [4.78, 5) is 10.3. The van der Waals surface area contributed by atoms with Gasteiger partial charge in [-0.2, -0.15) is 0 Å². The first-order valence-corrected chi connectivity index (χ1v) is 4.56. The van der Waals surface area contributed by atoms with E-state index in [1.54, 1.807) is 12.1 Å². The molecule has 14 heavy (non-hydrogen) atoms. The molecule has 0 aliphatic heterocycles. The molecule has 1 unspecified atom stereocenters. The van der Waals surface area contributed by atoms with Gasteiger partial charge in [-0.1, -0.05) is 13.0 Å². The van der Waals surface area contributed by atoms with Crippen LogP contribution in [0.5, 0.6) is 5.75 Å². The molecule has 0 saturated carbocycles. The first kappa shape index (κ1) is 10.7. The van der Waals surface area contributed by atoms with Crippen LogP contribution in [0.25, 0.3) is 0 Å². The molecule has 0 heterocycles. The Labute approximate surface area is 82.7 Å². The van der Waals surface area contributed by atoms with Gasteiger partial charge in [0.15, 0.2) is 0 Å². The van der Waals surface area contributed by atoms with E-state index in [1.807, 2.05) is 6.92 Å². The highest BCUT2D eigenvalue weighted by atomic mass is 19.1. The van der Waals surface area contributed by atoms with E-state index in [0.29, 0.717) is 18.8 Å². The van der Waals surface area contributed by atoms with Gasteiger partial charge in [0, 0.05) is 12.0 Å². The second kappa shape index (κ2) is 5.37. The molecule has 0 N–H and O–H groups in total. The van der Waals surface area contributed by atoms with Gasteiger partial charge in [0.05, 0.1) is 6.61 Å². The van der Waals surface area contributed by atoms with Crippen LogP contribution in [0.1, 0.15) is 13.3 Å². The Bertz CT molecular complexity index is 299. The Kier molecular flexibility index (Phi) is 4.11. The third kappa shape index (κ3) is 3.56. The molecule has 3 heteroatoms. The molecule has 1 aromatic rings. The zero-order valence-corrected chi connectivity index (χ0v) is 8.07. The monoisotopic (exact) mass is 196 g/mol. The van der Waals surface area contributed by atoms with Crippen LogP contribution in [0.3, 0.4) is 0 Å². The number of rotatable bonds is 5. The van der Waals surface area contributed by atoms with E-state index in [-0.39, 0.29) is 11.7 Å². The maximum Gasteiger partial charge on any atom is 0.126 e. The maximum atomic E-state index is 12.7. The molecular formula is C11H13FO2. The molecule has 1 atom stereocenters. The van der Waals surface area contributed by atoms with Crippen LogP contribution >= 0.6 is 0 Å². The second-order valence-corrected chi connectivity index (χ2v) is 3.21. The van der Waals surface area contributed by atoms with Crippen molar-refractivity contribution in [1.29, 1.82) is 0 Å². The predicted octanol–water partition coefficient (Wildman–Crippen LogP) is 2.43. The lowest BCUT2D eigenvalue weighted by Gasteiger charge is -2.06. The summed E-state index contributed by atoms with van der Waals surface area (Å²) in [6.45, 7) is 2.26. The average molecular weight is 196 g/mol. The van der Waals surface area contributed by atoms with E-state index in [2.05, 4.69) is 0 Å². The third-order valence-electron chi connectivity index (χ3n) is 1.87. The van der Waals surface area contributed by atoms with E-state index >= 15 is 0 Å². The molecule has 0 aliphatic rings. The van der Waals surface area contributed by atoms with E-state index in [4.69, 9.17) is 4.74 Å². The fourth-order valence-electron chi connectivity index (χ4n) is 0.987. The van der Waals surface area contributed by atoms with E-state index in [9.17, 15) is 9.18 Å². The summed E-state index contributed by atoms with van der Waals surface area (Å²) >= 11 is 0. The van der Waals surface area contributed by atoms with Crippen molar-refractivity contribution in [2.24, 2.45) is 5.92 Å². The van der Waals surface area contributed by atoms with Gasteiger partial charge in [-0.05, 0) is 18.6 Å². The van der Waals surface area contributed by atoms with Crippen LogP contribution in [0.15, 0.2) is 24.3 Å². The smallest absolute Gasteiger partial charge is 0.126 e. The normalized spacial score (nSPS) is 12.1. The van der Waals surface area contributed by atoms with E-state index < -0.39 is 0 Å². The minimum atomic E-state index is -0.314. The summed E-state index contributed by atoms with van der Waals surface area (Å²) in [5.41, 5.74) is 0. The fraction of sp³-hybridized carbons (Fsp3) is 0.364. The van der Waals surface area contributed by atoms with Gasteiger partial charge in [-0.15, -0.1) is 0 Å². The topological polar surface area (TPSA) is 26.3 Å². The Balaban J connectivity index is 2.34. The Hall–Kier alpha value is -1.38. The largest absolute Gasteiger partial charge is 0.493 e. The Morgan fingerprint density at radius 3 is 3.00 bits per heavy atom. The van der Waals surface area contributed by atoms with Crippen molar-refractivity contribution >= 4 is 6.29 Å². The lowest BCUT2D eigenvalue weighted by Crippen LogP contribution is -2.04. The van der Waals surface area contributed by atoms with Gasteiger partial charge < -0.3 is 9.53 Å². The Morgan fingerprint density at radius 1 is 1.57 bits per heavy atom. The zero-order chi connectivity index (χ0) is 10.4. The minimum absolute atomic E-state index is 0.0106. The molecule has 1 aromatic carbocycles. The molecular weight excluding hydrogens is 183 g/mol.